The Hall–Kier alpha value is -2.57. The monoisotopic (exact) mass is 497 g/mol. The van der Waals surface area contributed by atoms with Crippen LogP contribution in [0.3, 0.4) is 0 Å². The Morgan fingerprint density at radius 3 is 2.63 bits per heavy atom. The zero-order chi connectivity index (χ0) is 24.6. The average molecular weight is 498 g/mol. The molecular weight excluding hydrogens is 462 g/mol. The molecule has 2 aliphatic heterocycles. The lowest BCUT2D eigenvalue weighted by Gasteiger charge is -2.33. The van der Waals surface area contributed by atoms with Crippen LogP contribution in [0.25, 0.3) is 0 Å². The van der Waals surface area contributed by atoms with Crippen LogP contribution >= 0.6 is 11.6 Å². The molecule has 35 heavy (non-hydrogen) atoms. The topological polar surface area (TPSA) is 61.9 Å². The summed E-state index contributed by atoms with van der Waals surface area (Å²) in [6.07, 6.45) is 4.81. The van der Waals surface area contributed by atoms with Gasteiger partial charge in [-0.05, 0) is 81.9 Å². The molecular formula is C28H36ClN3O3. The summed E-state index contributed by atoms with van der Waals surface area (Å²) in [5.41, 5.74) is 2.11. The van der Waals surface area contributed by atoms with E-state index < -0.39 is 0 Å². The minimum Gasteiger partial charge on any atom is -0.487 e. The van der Waals surface area contributed by atoms with Gasteiger partial charge in [0, 0.05) is 24.4 Å². The van der Waals surface area contributed by atoms with Gasteiger partial charge in [0.25, 0.3) is 0 Å². The number of anilines is 1. The Bertz CT molecular complexity index is 992. The van der Waals surface area contributed by atoms with Crippen LogP contribution in [0.1, 0.15) is 44.6 Å². The molecule has 7 heteroatoms. The summed E-state index contributed by atoms with van der Waals surface area (Å²) >= 11 is 6.12. The second kappa shape index (κ2) is 12.4. The molecule has 0 unspecified atom stereocenters. The Balaban J connectivity index is 1.11. The summed E-state index contributed by atoms with van der Waals surface area (Å²) in [6.45, 7) is 6.28. The van der Waals surface area contributed by atoms with Gasteiger partial charge in [-0.25, -0.2) is 0 Å². The van der Waals surface area contributed by atoms with Crippen molar-refractivity contribution in [3.63, 3.8) is 0 Å². The van der Waals surface area contributed by atoms with Crippen molar-refractivity contribution in [3.8, 4) is 5.75 Å². The number of hydrogen-bond acceptors (Lipinski definition) is 4. The largest absolute Gasteiger partial charge is 0.487 e. The van der Waals surface area contributed by atoms with Crippen molar-refractivity contribution in [1.82, 2.24) is 10.2 Å². The molecule has 0 aliphatic carbocycles. The van der Waals surface area contributed by atoms with Crippen molar-refractivity contribution >= 4 is 29.1 Å². The maximum atomic E-state index is 12.8. The van der Waals surface area contributed by atoms with Gasteiger partial charge in [0.1, 0.15) is 11.9 Å². The zero-order valence-electron chi connectivity index (χ0n) is 20.5. The number of ether oxygens (including phenoxy) is 1. The molecule has 188 valence electrons. The lowest BCUT2D eigenvalue weighted by molar-refractivity contribution is -0.125. The number of fused-ring (bicyclic) bond motifs is 1. The predicted molar refractivity (Wildman–Crippen MR) is 140 cm³/mol. The molecule has 0 spiro atoms. The molecule has 2 aromatic rings. The highest BCUT2D eigenvalue weighted by molar-refractivity contribution is 6.31. The molecule has 0 saturated carbocycles. The molecule has 0 aromatic heterocycles. The van der Waals surface area contributed by atoms with E-state index in [-0.39, 0.29) is 30.8 Å². The van der Waals surface area contributed by atoms with E-state index in [0.29, 0.717) is 29.5 Å². The van der Waals surface area contributed by atoms with E-state index in [0.717, 1.165) is 32.0 Å². The standard InChI is InChI=1S/C28H36ClN3O3/c1-21-20-32(25-19-24(29)8-9-26(25)35-21)28(34)11-10-27(33)30-14-5-15-31-16-12-23(13-17-31)18-22-6-3-2-4-7-22/h2-4,6-9,19,21,23H,5,10-18,20H2,1H3,(H,30,33)/t21-/m0/s1. The van der Waals surface area contributed by atoms with Crippen LogP contribution in [0.5, 0.6) is 5.75 Å². The molecule has 2 heterocycles. The van der Waals surface area contributed by atoms with Crippen LogP contribution in [0, 0.1) is 5.92 Å². The van der Waals surface area contributed by atoms with Crippen LogP contribution in [0.2, 0.25) is 5.02 Å². The van der Waals surface area contributed by atoms with E-state index in [1.54, 1.807) is 23.1 Å². The first-order valence-electron chi connectivity index (χ1n) is 12.8. The van der Waals surface area contributed by atoms with E-state index in [1.807, 2.05) is 6.92 Å². The van der Waals surface area contributed by atoms with Crippen LogP contribution in [0.15, 0.2) is 48.5 Å². The summed E-state index contributed by atoms with van der Waals surface area (Å²) in [6, 6.07) is 16.0. The molecule has 0 radical (unpaired) electrons. The Morgan fingerprint density at radius 2 is 1.86 bits per heavy atom. The van der Waals surface area contributed by atoms with Gasteiger partial charge >= 0.3 is 0 Å². The van der Waals surface area contributed by atoms with Gasteiger partial charge in [0.15, 0.2) is 0 Å². The lowest BCUT2D eigenvalue weighted by atomic mass is 9.90. The maximum absolute atomic E-state index is 12.8. The first-order chi connectivity index (χ1) is 17.0. The van der Waals surface area contributed by atoms with Gasteiger partial charge in [0.05, 0.1) is 12.2 Å². The van der Waals surface area contributed by atoms with Crippen molar-refractivity contribution in [2.75, 3.05) is 37.6 Å². The maximum Gasteiger partial charge on any atom is 0.227 e. The van der Waals surface area contributed by atoms with Crippen molar-refractivity contribution in [1.29, 1.82) is 0 Å². The highest BCUT2D eigenvalue weighted by Gasteiger charge is 2.28. The highest BCUT2D eigenvalue weighted by atomic mass is 35.5. The van der Waals surface area contributed by atoms with Crippen molar-refractivity contribution < 1.29 is 14.3 Å². The molecule has 1 fully saturated rings. The Morgan fingerprint density at radius 1 is 1.09 bits per heavy atom. The normalized spacial score (nSPS) is 18.6. The SMILES string of the molecule is C[C@H]1CN(C(=O)CCC(=O)NCCCN2CCC(Cc3ccccc3)CC2)c2cc(Cl)ccc2O1. The molecule has 2 aliphatic rings. The Labute approximate surface area is 213 Å². The molecule has 4 rings (SSSR count). The van der Waals surface area contributed by atoms with Crippen LogP contribution in [-0.4, -0.2) is 55.5 Å². The third kappa shape index (κ3) is 7.45. The van der Waals surface area contributed by atoms with Gasteiger partial charge in [-0.15, -0.1) is 0 Å². The third-order valence-electron chi connectivity index (χ3n) is 6.89. The quantitative estimate of drug-likeness (QED) is 0.510. The van der Waals surface area contributed by atoms with E-state index in [4.69, 9.17) is 16.3 Å². The molecule has 0 bridgehead atoms. The predicted octanol–water partition coefficient (Wildman–Crippen LogP) is 4.70. The number of amides is 2. The third-order valence-corrected chi connectivity index (χ3v) is 7.13. The smallest absolute Gasteiger partial charge is 0.227 e. The number of nitrogens with zero attached hydrogens (tertiary/aromatic N) is 2. The van der Waals surface area contributed by atoms with E-state index in [1.165, 1.54) is 24.8 Å². The van der Waals surface area contributed by atoms with Crippen LogP contribution in [0.4, 0.5) is 5.69 Å². The first-order valence-corrected chi connectivity index (χ1v) is 13.2. The van der Waals surface area contributed by atoms with Crippen LogP contribution in [-0.2, 0) is 16.0 Å². The fraction of sp³-hybridized carbons (Fsp3) is 0.500. The molecule has 1 saturated heterocycles. The summed E-state index contributed by atoms with van der Waals surface area (Å²) in [4.78, 5) is 29.3. The number of halogens is 1. The lowest BCUT2D eigenvalue weighted by Crippen LogP contribution is -2.42. The number of rotatable bonds is 9. The number of benzene rings is 2. The molecule has 2 amide bonds. The fourth-order valence-corrected chi connectivity index (χ4v) is 5.15. The number of carbonyl (C=O) groups excluding carboxylic acids is 2. The molecule has 6 nitrogen and oxygen atoms in total. The average Bonchev–Trinajstić information content (AvgIpc) is 2.86. The van der Waals surface area contributed by atoms with Crippen LogP contribution < -0.4 is 15.0 Å². The van der Waals surface area contributed by atoms with Crippen molar-refractivity contribution in [2.45, 2.75) is 51.6 Å². The summed E-state index contributed by atoms with van der Waals surface area (Å²) in [5, 5.41) is 3.53. The second-order valence-electron chi connectivity index (χ2n) is 9.72. The van der Waals surface area contributed by atoms with Gasteiger partial charge in [-0.2, -0.15) is 0 Å². The van der Waals surface area contributed by atoms with Gasteiger partial charge < -0.3 is 19.9 Å². The number of carbonyl (C=O) groups is 2. The number of nitrogens with one attached hydrogen (secondary N) is 1. The molecule has 1 atom stereocenters. The highest BCUT2D eigenvalue weighted by Crippen LogP contribution is 2.36. The Kier molecular flexibility index (Phi) is 9.05. The van der Waals surface area contributed by atoms with E-state index in [9.17, 15) is 9.59 Å². The summed E-state index contributed by atoms with van der Waals surface area (Å²) < 4.78 is 5.80. The number of piperidine rings is 1. The van der Waals surface area contributed by atoms with Gasteiger partial charge in [-0.3, -0.25) is 9.59 Å². The summed E-state index contributed by atoms with van der Waals surface area (Å²) in [7, 11) is 0. The minimum atomic E-state index is -0.107. The molecule has 1 N–H and O–H groups in total. The van der Waals surface area contributed by atoms with E-state index >= 15 is 0 Å². The van der Waals surface area contributed by atoms with E-state index in [2.05, 4.69) is 40.5 Å². The second-order valence-corrected chi connectivity index (χ2v) is 10.2. The minimum absolute atomic E-state index is 0.0763. The fourth-order valence-electron chi connectivity index (χ4n) is 4.98. The number of likely N-dealkylation sites (tertiary alicyclic amines) is 1. The number of hydrogen-bond donors (Lipinski definition) is 1. The zero-order valence-corrected chi connectivity index (χ0v) is 21.3. The van der Waals surface area contributed by atoms with Crippen molar-refractivity contribution in [3.05, 3.63) is 59.1 Å². The van der Waals surface area contributed by atoms with Crippen molar-refractivity contribution in [2.24, 2.45) is 5.92 Å². The summed E-state index contributed by atoms with van der Waals surface area (Å²) in [5.74, 6) is 1.25. The first kappa shape index (κ1) is 25.5. The van der Waals surface area contributed by atoms with Gasteiger partial charge in [0.2, 0.25) is 11.8 Å². The molecule has 2 aromatic carbocycles. The van der Waals surface area contributed by atoms with Gasteiger partial charge in [-0.1, -0.05) is 41.9 Å².